The number of aryl methyl sites for hydroxylation is 1. The molecule has 1 heterocycles. The second-order valence-corrected chi connectivity index (χ2v) is 9.28. The summed E-state index contributed by atoms with van der Waals surface area (Å²) in [5, 5.41) is 0. The predicted molar refractivity (Wildman–Crippen MR) is 71.2 cm³/mol. The van der Waals surface area contributed by atoms with Crippen molar-refractivity contribution in [3.05, 3.63) is 35.9 Å². The van der Waals surface area contributed by atoms with E-state index in [0.717, 1.165) is 13.0 Å². The first-order valence-electron chi connectivity index (χ1n) is 6.46. The van der Waals surface area contributed by atoms with Crippen molar-refractivity contribution in [2.24, 2.45) is 0 Å². The smallest absolute Gasteiger partial charge is 0.189 e. The van der Waals surface area contributed by atoms with E-state index in [4.69, 9.17) is 4.43 Å². The molecule has 0 atom stereocenters. The Hall–Kier alpha value is -0.603. The standard InChI is InChI=1S/C14H22OSi/c1-16(12-5-6-13-16)15-11-7-10-14-8-3-2-4-9-14/h2-4,8-9H,5-7,10-13H2,1H3. The molecule has 0 spiro atoms. The summed E-state index contributed by atoms with van der Waals surface area (Å²) in [5.74, 6) is 0. The van der Waals surface area contributed by atoms with Crippen LogP contribution in [-0.4, -0.2) is 14.9 Å². The van der Waals surface area contributed by atoms with Crippen LogP contribution < -0.4 is 0 Å². The Morgan fingerprint density at radius 1 is 1.12 bits per heavy atom. The minimum absolute atomic E-state index is 0.970. The van der Waals surface area contributed by atoms with Crippen LogP contribution in [0.2, 0.25) is 18.6 Å². The lowest BCUT2D eigenvalue weighted by Crippen LogP contribution is -2.30. The van der Waals surface area contributed by atoms with Crippen molar-refractivity contribution in [3.63, 3.8) is 0 Å². The zero-order chi connectivity index (χ0) is 11.3. The summed E-state index contributed by atoms with van der Waals surface area (Å²) in [6.45, 7) is 3.38. The lowest BCUT2D eigenvalue weighted by molar-refractivity contribution is 0.300. The molecule has 0 aliphatic carbocycles. The van der Waals surface area contributed by atoms with Crippen molar-refractivity contribution >= 4 is 8.32 Å². The lowest BCUT2D eigenvalue weighted by atomic mass is 10.1. The van der Waals surface area contributed by atoms with E-state index < -0.39 is 8.32 Å². The van der Waals surface area contributed by atoms with Crippen molar-refractivity contribution in [2.75, 3.05) is 6.61 Å². The first kappa shape index (κ1) is 11.9. The number of benzene rings is 1. The monoisotopic (exact) mass is 234 g/mol. The van der Waals surface area contributed by atoms with Crippen molar-refractivity contribution in [1.29, 1.82) is 0 Å². The van der Waals surface area contributed by atoms with Crippen molar-refractivity contribution in [3.8, 4) is 0 Å². The average Bonchev–Trinajstić information content (AvgIpc) is 2.74. The van der Waals surface area contributed by atoms with Gasteiger partial charge in [0.15, 0.2) is 8.32 Å². The summed E-state index contributed by atoms with van der Waals surface area (Å²) in [4.78, 5) is 0. The van der Waals surface area contributed by atoms with Gasteiger partial charge in [-0.1, -0.05) is 43.2 Å². The highest BCUT2D eigenvalue weighted by atomic mass is 28.4. The van der Waals surface area contributed by atoms with Gasteiger partial charge in [-0.3, -0.25) is 0 Å². The van der Waals surface area contributed by atoms with E-state index in [9.17, 15) is 0 Å². The maximum absolute atomic E-state index is 6.15. The Balaban J connectivity index is 1.65. The van der Waals surface area contributed by atoms with Crippen molar-refractivity contribution < 1.29 is 4.43 Å². The lowest BCUT2D eigenvalue weighted by Gasteiger charge is -2.21. The van der Waals surface area contributed by atoms with Gasteiger partial charge in [-0.25, -0.2) is 0 Å². The van der Waals surface area contributed by atoms with Gasteiger partial charge >= 0.3 is 0 Å². The molecule has 0 radical (unpaired) electrons. The highest BCUT2D eigenvalue weighted by Gasteiger charge is 2.32. The minimum atomic E-state index is -1.22. The highest BCUT2D eigenvalue weighted by molar-refractivity contribution is 6.73. The van der Waals surface area contributed by atoms with Gasteiger partial charge in [0.05, 0.1) is 0 Å². The molecular weight excluding hydrogens is 212 g/mol. The van der Waals surface area contributed by atoms with Crippen molar-refractivity contribution in [2.45, 2.75) is 44.3 Å². The Bertz CT molecular complexity index is 304. The molecule has 1 nitrogen and oxygen atoms in total. The fraction of sp³-hybridized carbons (Fsp3) is 0.571. The largest absolute Gasteiger partial charge is 0.417 e. The average molecular weight is 234 g/mol. The molecule has 88 valence electrons. The first-order valence-corrected chi connectivity index (χ1v) is 9.29. The third kappa shape index (κ3) is 3.46. The zero-order valence-corrected chi connectivity index (χ0v) is 11.2. The van der Waals surface area contributed by atoms with E-state index in [1.54, 1.807) is 0 Å². The Morgan fingerprint density at radius 2 is 1.81 bits per heavy atom. The van der Waals surface area contributed by atoms with Gasteiger partial charge < -0.3 is 4.43 Å². The molecule has 0 amide bonds. The summed E-state index contributed by atoms with van der Waals surface area (Å²) in [5.41, 5.74) is 1.43. The van der Waals surface area contributed by atoms with Gasteiger partial charge in [-0.15, -0.1) is 0 Å². The van der Waals surface area contributed by atoms with Crippen LogP contribution >= 0.6 is 0 Å². The van der Waals surface area contributed by atoms with E-state index in [1.165, 1.54) is 36.9 Å². The topological polar surface area (TPSA) is 9.23 Å². The SMILES string of the molecule is C[Si]1(OCCCc2ccccc2)CCCC1. The normalized spacial score (nSPS) is 18.8. The summed E-state index contributed by atoms with van der Waals surface area (Å²) in [7, 11) is -1.22. The van der Waals surface area contributed by atoms with Crippen LogP contribution in [0.3, 0.4) is 0 Å². The highest BCUT2D eigenvalue weighted by Crippen LogP contribution is 2.30. The molecule has 1 fully saturated rings. The second-order valence-electron chi connectivity index (χ2n) is 5.09. The molecule has 0 aromatic heterocycles. The van der Waals surface area contributed by atoms with E-state index in [-0.39, 0.29) is 0 Å². The molecule has 0 N–H and O–H groups in total. The second kappa shape index (κ2) is 5.64. The molecule has 2 heteroatoms. The van der Waals surface area contributed by atoms with Gasteiger partial charge in [-0.05, 0) is 37.0 Å². The van der Waals surface area contributed by atoms with E-state index >= 15 is 0 Å². The van der Waals surface area contributed by atoms with Gasteiger partial charge in [0.25, 0.3) is 0 Å². The molecule has 2 rings (SSSR count). The number of hydrogen-bond acceptors (Lipinski definition) is 1. The molecule has 1 aromatic carbocycles. The van der Waals surface area contributed by atoms with Gasteiger partial charge in [0.1, 0.15) is 0 Å². The first-order chi connectivity index (χ1) is 7.79. The molecule has 1 saturated heterocycles. The summed E-state index contributed by atoms with van der Waals surface area (Å²) in [6, 6.07) is 13.5. The van der Waals surface area contributed by atoms with Crippen molar-refractivity contribution in [1.82, 2.24) is 0 Å². The number of hydrogen-bond donors (Lipinski definition) is 0. The Kier molecular flexibility index (Phi) is 4.19. The van der Waals surface area contributed by atoms with E-state index in [0.29, 0.717) is 0 Å². The maximum Gasteiger partial charge on any atom is 0.189 e. The van der Waals surface area contributed by atoms with Gasteiger partial charge in [0, 0.05) is 6.61 Å². The molecular formula is C14H22OSi. The molecule has 16 heavy (non-hydrogen) atoms. The third-order valence-electron chi connectivity index (χ3n) is 3.56. The molecule has 1 aliphatic rings. The number of rotatable bonds is 5. The van der Waals surface area contributed by atoms with Crippen LogP contribution in [0.25, 0.3) is 0 Å². The minimum Gasteiger partial charge on any atom is -0.417 e. The zero-order valence-electron chi connectivity index (χ0n) is 10.2. The quantitative estimate of drug-likeness (QED) is 0.552. The van der Waals surface area contributed by atoms with Crippen LogP contribution in [0.5, 0.6) is 0 Å². The predicted octanol–water partition coefficient (Wildman–Crippen LogP) is 4.00. The summed E-state index contributed by atoms with van der Waals surface area (Å²) < 4.78 is 6.15. The fourth-order valence-electron chi connectivity index (χ4n) is 2.51. The molecule has 1 aromatic rings. The Labute approximate surface area is 100.0 Å². The maximum atomic E-state index is 6.15. The van der Waals surface area contributed by atoms with E-state index in [1.807, 2.05) is 0 Å². The molecule has 1 aliphatic heterocycles. The summed E-state index contributed by atoms with van der Waals surface area (Å²) in [6.07, 6.45) is 5.14. The van der Waals surface area contributed by atoms with Crippen LogP contribution in [-0.2, 0) is 10.8 Å². The fourth-order valence-corrected chi connectivity index (χ4v) is 5.68. The molecule has 0 saturated carbocycles. The molecule has 0 unspecified atom stereocenters. The van der Waals surface area contributed by atoms with Crippen LogP contribution in [0.4, 0.5) is 0 Å². The molecule has 0 bridgehead atoms. The van der Waals surface area contributed by atoms with Gasteiger partial charge in [0.2, 0.25) is 0 Å². The van der Waals surface area contributed by atoms with Crippen LogP contribution in [0.1, 0.15) is 24.8 Å². The van der Waals surface area contributed by atoms with Crippen LogP contribution in [0.15, 0.2) is 30.3 Å². The Morgan fingerprint density at radius 3 is 2.50 bits per heavy atom. The third-order valence-corrected chi connectivity index (χ3v) is 7.29. The van der Waals surface area contributed by atoms with Crippen LogP contribution in [0, 0.1) is 0 Å². The summed E-state index contributed by atoms with van der Waals surface area (Å²) >= 11 is 0. The van der Waals surface area contributed by atoms with Gasteiger partial charge in [-0.2, -0.15) is 0 Å². The van der Waals surface area contributed by atoms with E-state index in [2.05, 4.69) is 36.9 Å².